The fourth-order valence-electron chi connectivity index (χ4n) is 2.24. The highest BCUT2D eigenvalue weighted by Crippen LogP contribution is 2.13. The Labute approximate surface area is 110 Å². The Morgan fingerprint density at radius 1 is 1.16 bits per heavy atom. The lowest BCUT2D eigenvalue weighted by Gasteiger charge is -2.13. The van der Waals surface area contributed by atoms with E-state index in [-0.39, 0.29) is 5.56 Å². The van der Waals surface area contributed by atoms with Crippen LogP contribution in [0.5, 0.6) is 0 Å². The monoisotopic (exact) mass is 257 g/mol. The Kier molecular flexibility index (Phi) is 3.25. The number of hydrogen-bond donors (Lipinski definition) is 1. The molecule has 0 bridgehead atoms. The van der Waals surface area contributed by atoms with Crippen molar-refractivity contribution in [1.29, 1.82) is 0 Å². The van der Waals surface area contributed by atoms with Gasteiger partial charge in [-0.2, -0.15) is 0 Å². The van der Waals surface area contributed by atoms with E-state index in [0.717, 1.165) is 11.3 Å². The molecular weight excluding hydrogens is 242 g/mol. The second-order valence-corrected chi connectivity index (χ2v) is 4.63. The number of hydrogen-bond acceptors (Lipinski definition) is 2. The molecule has 0 saturated carbocycles. The maximum atomic E-state index is 12.3. The normalized spacial score (nSPS) is 10.5. The van der Waals surface area contributed by atoms with Crippen LogP contribution in [0.1, 0.15) is 27.2 Å². The summed E-state index contributed by atoms with van der Waals surface area (Å²) in [4.78, 5) is 23.5. The summed E-state index contributed by atoms with van der Waals surface area (Å²) in [6.07, 6.45) is 0. The van der Waals surface area contributed by atoms with E-state index < -0.39 is 11.5 Å². The average molecular weight is 257 g/mol. The summed E-state index contributed by atoms with van der Waals surface area (Å²) < 4.78 is 1.43. The average Bonchev–Trinajstić information content (AvgIpc) is 2.27. The molecule has 0 spiro atoms. The summed E-state index contributed by atoms with van der Waals surface area (Å²) in [6, 6.07) is 9.14. The lowest BCUT2D eigenvalue weighted by atomic mass is 10.1. The van der Waals surface area contributed by atoms with Gasteiger partial charge in [0.05, 0.1) is 0 Å². The third-order valence-electron chi connectivity index (χ3n) is 3.06. The van der Waals surface area contributed by atoms with Gasteiger partial charge in [-0.25, -0.2) is 4.79 Å². The molecule has 1 aromatic heterocycles. The molecule has 0 aliphatic heterocycles. The highest BCUT2D eigenvalue weighted by molar-refractivity contribution is 5.89. The van der Waals surface area contributed by atoms with Crippen molar-refractivity contribution in [3.63, 3.8) is 0 Å². The topological polar surface area (TPSA) is 59.3 Å². The van der Waals surface area contributed by atoms with Gasteiger partial charge in [0, 0.05) is 11.4 Å². The molecule has 2 rings (SSSR count). The quantitative estimate of drug-likeness (QED) is 0.899. The van der Waals surface area contributed by atoms with Gasteiger partial charge in [0.15, 0.2) is 0 Å². The summed E-state index contributed by atoms with van der Waals surface area (Å²) in [5, 5.41) is 9.15. The van der Waals surface area contributed by atoms with E-state index in [1.54, 1.807) is 26.0 Å². The van der Waals surface area contributed by atoms with Gasteiger partial charge in [0.25, 0.3) is 5.56 Å². The van der Waals surface area contributed by atoms with Crippen molar-refractivity contribution in [1.82, 2.24) is 4.57 Å². The number of aromatic carboxylic acids is 1. The predicted molar refractivity (Wildman–Crippen MR) is 73.2 cm³/mol. The van der Waals surface area contributed by atoms with Crippen LogP contribution in [0.15, 0.2) is 35.1 Å². The molecule has 4 heteroatoms. The molecule has 0 atom stereocenters. The fraction of sp³-hybridized carbons (Fsp3) is 0.200. The number of rotatable bonds is 2. The molecular formula is C15H15NO3. The molecule has 1 heterocycles. The third-order valence-corrected chi connectivity index (χ3v) is 3.06. The first-order valence-corrected chi connectivity index (χ1v) is 5.95. The number of carbonyl (C=O) groups is 1. The lowest BCUT2D eigenvalue weighted by molar-refractivity contribution is 0.0693. The molecule has 0 aliphatic carbocycles. The van der Waals surface area contributed by atoms with Gasteiger partial charge in [-0.1, -0.05) is 12.1 Å². The van der Waals surface area contributed by atoms with Gasteiger partial charge in [-0.3, -0.25) is 9.36 Å². The molecule has 0 fully saturated rings. The molecule has 0 saturated heterocycles. The molecule has 1 aromatic carbocycles. The van der Waals surface area contributed by atoms with Gasteiger partial charge in [-0.05, 0) is 50.1 Å². The number of carboxylic acids is 1. The van der Waals surface area contributed by atoms with Crippen LogP contribution >= 0.6 is 0 Å². The molecule has 98 valence electrons. The second-order valence-electron chi connectivity index (χ2n) is 4.63. The highest BCUT2D eigenvalue weighted by Gasteiger charge is 2.17. The van der Waals surface area contributed by atoms with E-state index in [4.69, 9.17) is 5.11 Å². The maximum absolute atomic E-state index is 12.3. The van der Waals surface area contributed by atoms with Gasteiger partial charge in [0.2, 0.25) is 0 Å². The maximum Gasteiger partial charge on any atom is 0.341 e. The summed E-state index contributed by atoms with van der Waals surface area (Å²) in [5.74, 6) is -1.19. The number of aryl methyl sites for hydroxylation is 3. The van der Waals surface area contributed by atoms with Crippen LogP contribution in [-0.4, -0.2) is 15.6 Å². The second kappa shape index (κ2) is 4.72. The van der Waals surface area contributed by atoms with Crippen molar-refractivity contribution in [2.75, 3.05) is 0 Å². The van der Waals surface area contributed by atoms with Gasteiger partial charge in [0.1, 0.15) is 5.56 Å². The predicted octanol–water partition coefficient (Wildman–Crippen LogP) is 2.46. The Bertz CT molecular complexity index is 714. The van der Waals surface area contributed by atoms with Crippen LogP contribution < -0.4 is 5.56 Å². The van der Waals surface area contributed by atoms with E-state index in [0.29, 0.717) is 11.3 Å². The first kappa shape index (κ1) is 13.1. The van der Waals surface area contributed by atoms with Crippen molar-refractivity contribution in [3.8, 4) is 5.69 Å². The number of benzene rings is 1. The van der Waals surface area contributed by atoms with E-state index >= 15 is 0 Å². The minimum Gasteiger partial charge on any atom is -0.477 e. The Morgan fingerprint density at radius 2 is 1.84 bits per heavy atom. The van der Waals surface area contributed by atoms with Crippen molar-refractivity contribution >= 4 is 5.97 Å². The summed E-state index contributed by atoms with van der Waals surface area (Å²) in [6.45, 7) is 5.36. The van der Waals surface area contributed by atoms with Crippen molar-refractivity contribution in [3.05, 3.63) is 63.1 Å². The Balaban J connectivity index is 2.81. The standard InChI is InChI=1S/C15H15NO3/c1-9-5-4-6-12(7-9)16-11(3)8-10(2)13(14(16)17)15(18)19/h4-8H,1-3H3,(H,18,19). The van der Waals surface area contributed by atoms with Crippen LogP contribution in [0.25, 0.3) is 5.69 Å². The zero-order valence-corrected chi connectivity index (χ0v) is 11.1. The van der Waals surface area contributed by atoms with Crippen LogP contribution in [0.2, 0.25) is 0 Å². The minimum atomic E-state index is -1.19. The van der Waals surface area contributed by atoms with Crippen LogP contribution in [0.4, 0.5) is 0 Å². The van der Waals surface area contributed by atoms with Crippen molar-refractivity contribution in [2.24, 2.45) is 0 Å². The Morgan fingerprint density at radius 3 is 2.42 bits per heavy atom. The SMILES string of the molecule is Cc1cccc(-n2c(C)cc(C)c(C(=O)O)c2=O)c1. The summed E-state index contributed by atoms with van der Waals surface area (Å²) in [5.41, 5.74) is 2.24. The highest BCUT2D eigenvalue weighted by atomic mass is 16.4. The number of nitrogens with zero attached hydrogens (tertiary/aromatic N) is 1. The molecule has 0 unspecified atom stereocenters. The fourth-order valence-corrected chi connectivity index (χ4v) is 2.24. The van der Waals surface area contributed by atoms with Crippen molar-refractivity contribution < 1.29 is 9.90 Å². The smallest absolute Gasteiger partial charge is 0.341 e. The number of aromatic nitrogens is 1. The van der Waals surface area contributed by atoms with Crippen LogP contribution in [-0.2, 0) is 0 Å². The molecule has 0 amide bonds. The van der Waals surface area contributed by atoms with Gasteiger partial charge >= 0.3 is 5.97 Å². The van der Waals surface area contributed by atoms with E-state index in [9.17, 15) is 9.59 Å². The molecule has 0 radical (unpaired) electrons. The molecule has 1 N–H and O–H groups in total. The zero-order valence-electron chi connectivity index (χ0n) is 11.1. The first-order valence-electron chi connectivity index (χ1n) is 5.95. The zero-order chi connectivity index (χ0) is 14.2. The minimum absolute atomic E-state index is 0.174. The van der Waals surface area contributed by atoms with Gasteiger partial charge in [-0.15, -0.1) is 0 Å². The largest absolute Gasteiger partial charge is 0.477 e. The summed E-state index contributed by atoms with van der Waals surface area (Å²) >= 11 is 0. The van der Waals surface area contributed by atoms with E-state index in [2.05, 4.69) is 0 Å². The van der Waals surface area contributed by atoms with Crippen molar-refractivity contribution in [2.45, 2.75) is 20.8 Å². The molecule has 4 nitrogen and oxygen atoms in total. The third kappa shape index (κ3) is 2.29. The molecule has 2 aromatic rings. The lowest BCUT2D eigenvalue weighted by Crippen LogP contribution is -2.28. The first-order chi connectivity index (χ1) is 8.91. The Hall–Kier alpha value is -2.36. The number of carboxylic acid groups (broad SMARTS) is 1. The van der Waals surface area contributed by atoms with Crippen LogP contribution in [0, 0.1) is 20.8 Å². The van der Waals surface area contributed by atoms with E-state index in [1.165, 1.54) is 4.57 Å². The van der Waals surface area contributed by atoms with Crippen LogP contribution in [0.3, 0.4) is 0 Å². The number of pyridine rings is 1. The molecule has 19 heavy (non-hydrogen) atoms. The van der Waals surface area contributed by atoms with Gasteiger partial charge < -0.3 is 5.11 Å². The van der Waals surface area contributed by atoms with E-state index in [1.807, 2.05) is 25.1 Å². The molecule has 0 aliphatic rings. The summed E-state index contributed by atoms with van der Waals surface area (Å²) in [7, 11) is 0.